The first-order chi connectivity index (χ1) is 8.83. The van der Waals surface area contributed by atoms with Gasteiger partial charge in [0.1, 0.15) is 11.5 Å². The monoisotopic (exact) mass is 251 g/mol. The molecule has 2 rings (SSSR count). The predicted molar refractivity (Wildman–Crippen MR) is 70.2 cm³/mol. The highest BCUT2D eigenvalue weighted by atomic mass is 16.5. The molecule has 0 bridgehead atoms. The Balaban J connectivity index is 1.89. The van der Waals surface area contributed by atoms with Crippen LogP contribution in [-0.4, -0.2) is 33.5 Å². The summed E-state index contributed by atoms with van der Waals surface area (Å²) in [5.41, 5.74) is 1.11. The fourth-order valence-electron chi connectivity index (χ4n) is 2.19. The van der Waals surface area contributed by atoms with Crippen LogP contribution in [0, 0.1) is 0 Å². The number of methoxy groups -OCH3 is 2. The van der Waals surface area contributed by atoms with Crippen molar-refractivity contribution in [3.05, 3.63) is 23.8 Å². The van der Waals surface area contributed by atoms with Crippen LogP contribution >= 0.6 is 0 Å². The molecule has 1 saturated heterocycles. The molecule has 0 spiro atoms. The summed E-state index contributed by atoms with van der Waals surface area (Å²) in [7, 11) is 3.36. The van der Waals surface area contributed by atoms with Gasteiger partial charge in [-0.15, -0.1) is 0 Å². The van der Waals surface area contributed by atoms with Crippen LogP contribution < -0.4 is 14.8 Å². The molecule has 100 valence electrons. The third-order valence-corrected chi connectivity index (χ3v) is 3.20. The number of hydrogen-bond acceptors (Lipinski definition) is 4. The first-order valence-corrected chi connectivity index (χ1v) is 6.36. The van der Waals surface area contributed by atoms with Gasteiger partial charge >= 0.3 is 0 Å². The van der Waals surface area contributed by atoms with Crippen molar-refractivity contribution in [3.8, 4) is 11.5 Å². The zero-order chi connectivity index (χ0) is 12.8. The Morgan fingerprint density at radius 3 is 2.89 bits per heavy atom. The maximum atomic E-state index is 5.57. The molecule has 1 atom stereocenters. The molecule has 1 fully saturated rings. The molecular weight excluding hydrogens is 230 g/mol. The normalized spacial score (nSPS) is 18.9. The minimum absolute atomic E-state index is 0.363. The second kappa shape index (κ2) is 6.61. The van der Waals surface area contributed by atoms with Crippen molar-refractivity contribution in [1.82, 2.24) is 5.32 Å². The van der Waals surface area contributed by atoms with E-state index in [1.54, 1.807) is 14.2 Å². The molecule has 0 aliphatic carbocycles. The summed E-state index contributed by atoms with van der Waals surface area (Å²) < 4.78 is 16.1. The van der Waals surface area contributed by atoms with E-state index in [1.807, 2.05) is 18.2 Å². The first kappa shape index (κ1) is 13.2. The summed E-state index contributed by atoms with van der Waals surface area (Å²) >= 11 is 0. The average Bonchev–Trinajstić information content (AvgIpc) is 2.92. The van der Waals surface area contributed by atoms with Gasteiger partial charge in [-0.05, 0) is 31.0 Å². The average molecular weight is 251 g/mol. The van der Waals surface area contributed by atoms with Gasteiger partial charge in [0.15, 0.2) is 0 Å². The predicted octanol–water partition coefficient (Wildman–Crippen LogP) is 1.97. The quantitative estimate of drug-likeness (QED) is 0.839. The van der Waals surface area contributed by atoms with Crippen molar-refractivity contribution in [2.24, 2.45) is 0 Å². The van der Waals surface area contributed by atoms with Crippen LogP contribution in [0.25, 0.3) is 0 Å². The van der Waals surface area contributed by atoms with E-state index in [0.717, 1.165) is 43.2 Å². The number of rotatable bonds is 6. The lowest BCUT2D eigenvalue weighted by Crippen LogP contribution is -2.25. The molecule has 4 nitrogen and oxygen atoms in total. The standard InChI is InChI=1S/C14H21NO3/c1-16-12-5-6-14(17-2)11(8-12)9-15-10-13-4-3-7-18-13/h5-6,8,13,15H,3-4,7,9-10H2,1-2H3/t13-/m1/s1. The first-order valence-electron chi connectivity index (χ1n) is 6.36. The summed E-state index contributed by atoms with van der Waals surface area (Å²) in [5.74, 6) is 1.74. The molecule has 1 heterocycles. The lowest BCUT2D eigenvalue weighted by atomic mass is 10.1. The van der Waals surface area contributed by atoms with Gasteiger partial charge in [-0.3, -0.25) is 0 Å². The van der Waals surface area contributed by atoms with Gasteiger partial charge in [-0.2, -0.15) is 0 Å². The second-order valence-electron chi connectivity index (χ2n) is 4.44. The Morgan fingerprint density at radius 1 is 1.33 bits per heavy atom. The lowest BCUT2D eigenvalue weighted by molar-refractivity contribution is 0.110. The highest BCUT2D eigenvalue weighted by Gasteiger charge is 2.15. The third-order valence-electron chi connectivity index (χ3n) is 3.20. The van der Waals surface area contributed by atoms with Gasteiger partial charge in [0, 0.05) is 25.3 Å². The van der Waals surface area contributed by atoms with Crippen LogP contribution in [0.2, 0.25) is 0 Å². The maximum Gasteiger partial charge on any atom is 0.123 e. The summed E-state index contributed by atoms with van der Waals surface area (Å²) in [6.07, 6.45) is 2.69. The minimum Gasteiger partial charge on any atom is -0.497 e. The topological polar surface area (TPSA) is 39.7 Å². The molecule has 0 amide bonds. The van der Waals surface area contributed by atoms with E-state index >= 15 is 0 Å². The Morgan fingerprint density at radius 2 is 2.22 bits per heavy atom. The van der Waals surface area contributed by atoms with Gasteiger partial charge in [0.2, 0.25) is 0 Å². The molecule has 0 unspecified atom stereocenters. The summed E-state index contributed by atoms with van der Waals surface area (Å²) in [6, 6.07) is 5.84. The van der Waals surface area contributed by atoms with Crippen LogP contribution in [0.4, 0.5) is 0 Å². The zero-order valence-corrected chi connectivity index (χ0v) is 11.1. The van der Waals surface area contributed by atoms with Crippen LogP contribution in [-0.2, 0) is 11.3 Å². The Labute approximate surface area is 108 Å². The fraction of sp³-hybridized carbons (Fsp3) is 0.571. The summed E-state index contributed by atoms with van der Waals surface area (Å²) in [6.45, 7) is 2.55. The van der Waals surface area contributed by atoms with Crippen LogP contribution in [0.3, 0.4) is 0 Å². The van der Waals surface area contributed by atoms with Gasteiger partial charge in [0.05, 0.1) is 20.3 Å². The van der Waals surface area contributed by atoms with Crippen molar-refractivity contribution in [2.45, 2.75) is 25.5 Å². The molecule has 1 aromatic carbocycles. The van der Waals surface area contributed by atoms with E-state index in [9.17, 15) is 0 Å². The highest BCUT2D eigenvalue weighted by molar-refractivity contribution is 5.40. The van der Waals surface area contributed by atoms with Gasteiger partial charge in [-0.1, -0.05) is 0 Å². The van der Waals surface area contributed by atoms with E-state index < -0.39 is 0 Å². The summed E-state index contributed by atoms with van der Waals surface area (Å²) in [5, 5.41) is 3.41. The Bertz CT molecular complexity index is 375. The lowest BCUT2D eigenvalue weighted by Gasteiger charge is -2.13. The van der Waals surface area contributed by atoms with Crippen molar-refractivity contribution in [3.63, 3.8) is 0 Å². The van der Waals surface area contributed by atoms with Crippen molar-refractivity contribution < 1.29 is 14.2 Å². The molecule has 1 N–H and O–H groups in total. The molecule has 4 heteroatoms. The van der Waals surface area contributed by atoms with Crippen LogP contribution in [0.5, 0.6) is 11.5 Å². The largest absolute Gasteiger partial charge is 0.497 e. The molecule has 1 aliphatic heterocycles. The van der Waals surface area contributed by atoms with E-state index in [-0.39, 0.29) is 0 Å². The van der Waals surface area contributed by atoms with Gasteiger partial charge < -0.3 is 19.5 Å². The van der Waals surface area contributed by atoms with Gasteiger partial charge in [-0.25, -0.2) is 0 Å². The summed E-state index contributed by atoms with van der Waals surface area (Å²) in [4.78, 5) is 0. The molecule has 1 aromatic rings. The van der Waals surface area contributed by atoms with Crippen molar-refractivity contribution in [1.29, 1.82) is 0 Å². The molecule has 0 aromatic heterocycles. The zero-order valence-electron chi connectivity index (χ0n) is 11.1. The number of nitrogens with one attached hydrogen (secondary N) is 1. The smallest absolute Gasteiger partial charge is 0.123 e. The molecular formula is C14H21NO3. The van der Waals surface area contributed by atoms with Crippen molar-refractivity contribution >= 4 is 0 Å². The highest BCUT2D eigenvalue weighted by Crippen LogP contribution is 2.23. The number of hydrogen-bond donors (Lipinski definition) is 1. The van der Waals surface area contributed by atoms with Crippen LogP contribution in [0.1, 0.15) is 18.4 Å². The molecule has 18 heavy (non-hydrogen) atoms. The van der Waals surface area contributed by atoms with E-state index in [1.165, 1.54) is 6.42 Å². The van der Waals surface area contributed by atoms with Crippen LogP contribution in [0.15, 0.2) is 18.2 Å². The minimum atomic E-state index is 0.363. The Kier molecular flexibility index (Phi) is 4.84. The van der Waals surface area contributed by atoms with E-state index in [4.69, 9.17) is 14.2 Å². The maximum absolute atomic E-state index is 5.57. The number of ether oxygens (including phenoxy) is 3. The molecule has 0 saturated carbocycles. The third kappa shape index (κ3) is 3.37. The number of benzene rings is 1. The van der Waals surface area contributed by atoms with E-state index in [0.29, 0.717) is 6.10 Å². The van der Waals surface area contributed by atoms with Gasteiger partial charge in [0.25, 0.3) is 0 Å². The van der Waals surface area contributed by atoms with Crippen molar-refractivity contribution in [2.75, 3.05) is 27.4 Å². The SMILES string of the molecule is COc1ccc(OC)c(CNC[C@H]2CCCO2)c1. The van der Waals surface area contributed by atoms with E-state index in [2.05, 4.69) is 5.32 Å². The fourth-order valence-corrected chi connectivity index (χ4v) is 2.19. The Hall–Kier alpha value is -1.26. The molecule has 1 aliphatic rings. The molecule has 0 radical (unpaired) electrons. The second-order valence-corrected chi connectivity index (χ2v) is 4.44.